The second kappa shape index (κ2) is 6.59. The summed E-state index contributed by atoms with van der Waals surface area (Å²) < 4.78 is 5.12. The molecule has 1 aromatic carbocycles. The molecule has 2 rings (SSSR count). The number of carbonyl (C=O) groups excluding carboxylic acids is 1. The van der Waals surface area contributed by atoms with Gasteiger partial charge in [0.15, 0.2) is 5.78 Å². The minimum Gasteiger partial charge on any atom is -0.384 e. The molecule has 0 radical (unpaired) electrons. The lowest BCUT2D eigenvalue weighted by atomic mass is 10.1. The Morgan fingerprint density at radius 1 is 1.37 bits per heavy atom. The van der Waals surface area contributed by atoms with Crippen LogP contribution in [0.2, 0.25) is 0 Å². The van der Waals surface area contributed by atoms with E-state index in [0.29, 0.717) is 13.0 Å². The zero-order valence-electron chi connectivity index (χ0n) is 11.1. The van der Waals surface area contributed by atoms with Gasteiger partial charge in [-0.05, 0) is 0 Å². The lowest BCUT2D eigenvalue weighted by Crippen LogP contribution is -2.05. The number of hydrogen-bond acceptors (Lipinski definition) is 4. The standard InChI is InChI=1S/C15H17NO2S/c1-11(9-18-2)15-16-13(10-19-15)8-14(17)12-6-4-3-5-7-12/h3-7,10-11H,8-9H2,1-2H3. The summed E-state index contributed by atoms with van der Waals surface area (Å²) in [5.41, 5.74) is 1.58. The van der Waals surface area contributed by atoms with Crippen molar-refractivity contribution in [3.05, 3.63) is 52.0 Å². The molecule has 19 heavy (non-hydrogen) atoms. The van der Waals surface area contributed by atoms with Crippen LogP contribution in [0.15, 0.2) is 35.7 Å². The first-order chi connectivity index (χ1) is 9.20. The molecule has 0 saturated heterocycles. The first-order valence-corrected chi connectivity index (χ1v) is 7.10. The molecule has 0 fully saturated rings. The van der Waals surface area contributed by atoms with Crippen molar-refractivity contribution >= 4 is 17.1 Å². The predicted molar refractivity (Wildman–Crippen MR) is 76.9 cm³/mol. The maximum absolute atomic E-state index is 12.1. The van der Waals surface area contributed by atoms with E-state index in [1.165, 1.54) is 0 Å². The molecule has 1 unspecified atom stereocenters. The van der Waals surface area contributed by atoms with Crippen LogP contribution in [-0.2, 0) is 11.2 Å². The van der Waals surface area contributed by atoms with Crippen LogP contribution >= 0.6 is 11.3 Å². The molecule has 0 saturated carbocycles. The van der Waals surface area contributed by atoms with Crippen molar-refractivity contribution in [1.82, 2.24) is 4.98 Å². The monoisotopic (exact) mass is 275 g/mol. The zero-order chi connectivity index (χ0) is 13.7. The number of ether oxygens (including phenoxy) is 1. The van der Waals surface area contributed by atoms with E-state index in [4.69, 9.17) is 4.74 Å². The Hall–Kier alpha value is -1.52. The van der Waals surface area contributed by atoms with Crippen molar-refractivity contribution in [2.45, 2.75) is 19.3 Å². The fourth-order valence-corrected chi connectivity index (χ4v) is 2.71. The average molecular weight is 275 g/mol. The van der Waals surface area contributed by atoms with Gasteiger partial charge in [0, 0.05) is 24.0 Å². The predicted octanol–water partition coefficient (Wildman–Crippen LogP) is 3.32. The number of nitrogens with zero attached hydrogens (tertiary/aromatic N) is 1. The summed E-state index contributed by atoms with van der Waals surface area (Å²) in [4.78, 5) is 16.6. The van der Waals surface area contributed by atoms with Crippen molar-refractivity contribution in [3.8, 4) is 0 Å². The fourth-order valence-electron chi connectivity index (χ4n) is 1.84. The molecule has 1 atom stereocenters. The smallest absolute Gasteiger partial charge is 0.168 e. The molecule has 2 aromatic rings. The van der Waals surface area contributed by atoms with Crippen LogP contribution < -0.4 is 0 Å². The van der Waals surface area contributed by atoms with Crippen LogP contribution in [-0.4, -0.2) is 24.5 Å². The maximum Gasteiger partial charge on any atom is 0.168 e. The molecule has 4 heteroatoms. The number of Topliss-reactive ketones (excluding diaryl/α,β-unsaturated/α-hetero) is 1. The molecule has 0 aliphatic heterocycles. The van der Waals surface area contributed by atoms with E-state index in [2.05, 4.69) is 11.9 Å². The highest BCUT2D eigenvalue weighted by molar-refractivity contribution is 7.09. The molecule has 0 spiro atoms. The molecule has 0 bridgehead atoms. The normalized spacial score (nSPS) is 12.3. The van der Waals surface area contributed by atoms with Crippen molar-refractivity contribution in [2.75, 3.05) is 13.7 Å². The van der Waals surface area contributed by atoms with Crippen LogP contribution in [0.1, 0.15) is 33.9 Å². The highest BCUT2D eigenvalue weighted by Crippen LogP contribution is 2.21. The van der Waals surface area contributed by atoms with Crippen LogP contribution in [0.25, 0.3) is 0 Å². The molecule has 100 valence electrons. The summed E-state index contributed by atoms with van der Waals surface area (Å²) in [5.74, 6) is 0.382. The first kappa shape index (κ1) is 13.9. The van der Waals surface area contributed by atoms with Gasteiger partial charge in [-0.2, -0.15) is 0 Å². The third-order valence-corrected chi connectivity index (χ3v) is 3.97. The van der Waals surface area contributed by atoms with Gasteiger partial charge in [0.25, 0.3) is 0 Å². The first-order valence-electron chi connectivity index (χ1n) is 6.22. The number of thiazole rings is 1. The summed E-state index contributed by atoms with van der Waals surface area (Å²) in [6, 6.07) is 9.33. The lowest BCUT2D eigenvalue weighted by molar-refractivity contribution is 0.0992. The third-order valence-electron chi connectivity index (χ3n) is 2.85. The Morgan fingerprint density at radius 2 is 2.11 bits per heavy atom. The highest BCUT2D eigenvalue weighted by Gasteiger charge is 2.13. The fraction of sp³-hybridized carbons (Fsp3) is 0.333. The van der Waals surface area contributed by atoms with Crippen LogP contribution in [0.4, 0.5) is 0 Å². The summed E-state index contributed by atoms with van der Waals surface area (Å²) in [6.07, 6.45) is 0.361. The Bertz CT molecular complexity index is 536. The van der Waals surface area contributed by atoms with E-state index in [0.717, 1.165) is 16.3 Å². The minimum atomic E-state index is 0.108. The number of methoxy groups -OCH3 is 1. The number of rotatable bonds is 6. The van der Waals surface area contributed by atoms with Gasteiger partial charge in [0.05, 0.1) is 23.7 Å². The Balaban J connectivity index is 2.02. The van der Waals surface area contributed by atoms with Crippen LogP contribution in [0.5, 0.6) is 0 Å². The molecule has 0 aliphatic rings. The molecule has 0 N–H and O–H groups in total. The topological polar surface area (TPSA) is 39.2 Å². The van der Waals surface area contributed by atoms with E-state index >= 15 is 0 Å². The van der Waals surface area contributed by atoms with E-state index in [-0.39, 0.29) is 11.7 Å². The molecule has 0 amide bonds. The van der Waals surface area contributed by atoms with Crippen LogP contribution in [0, 0.1) is 0 Å². The van der Waals surface area contributed by atoms with Gasteiger partial charge in [-0.1, -0.05) is 37.3 Å². The summed E-state index contributed by atoms with van der Waals surface area (Å²) in [6.45, 7) is 2.73. The number of ketones is 1. The SMILES string of the molecule is COCC(C)c1nc(CC(=O)c2ccccc2)cs1. The Labute approximate surface area is 117 Å². The van der Waals surface area contributed by atoms with Crippen molar-refractivity contribution in [1.29, 1.82) is 0 Å². The van der Waals surface area contributed by atoms with Gasteiger partial charge in [-0.3, -0.25) is 4.79 Å². The lowest BCUT2D eigenvalue weighted by Gasteiger charge is -2.05. The molecular weight excluding hydrogens is 258 g/mol. The highest BCUT2D eigenvalue weighted by atomic mass is 32.1. The minimum absolute atomic E-state index is 0.108. The van der Waals surface area contributed by atoms with E-state index in [1.54, 1.807) is 18.4 Å². The van der Waals surface area contributed by atoms with Gasteiger partial charge in [-0.15, -0.1) is 11.3 Å². The van der Waals surface area contributed by atoms with Gasteiger partial charge >= 0.3 is 0 Å². The zero-order valence-corrected chi connectivity index (χ0v) is 11.9. The van der Waals surface area contributed by atoms with E-state index in [9.17, 15) is 4.79 Å². The van der Waals surface area contributed by atoms with Gasteiger partial charge < -0.3 is 4.74 Å². The van der Waals surface area contributed by atoms with E-state index in [1.807, 2.05) is 35.7 Å². The molecule has 1 aromatic heterocycles. The Kier molecular flexibility index (Phi) is 4.82. The summed E-state index contributed by atoms with van der Waals surface area (Å²) >= 11 is 1.59. The second-order valence-corrected chi connectivity index (χ2v) is 5.39. The average Bonchev–Trinajstić information content (AvgIpc) is 2.88. The number of aromatic nitrogens is 1. The summed E-state index contributed by atoms with van der Waals surface area (Å²) in [5, 5.41) is 2.99. The molecule has 1 heterocycles. The molecule has 3 nitrogen and oxygen atoms in total. The molecule has 0 aliphatic carbocycles. The quantitative estimate of drug-likeness (QED) is 0.759. The van der Waals surface area contributed by atoms with Crippen molar-refractivity contribution in [2.24, 2.45) is 0 Å². The van der Waals surface area contributed by atoms with Crippen molar-refractivity contribution in [3.63, 3.8) is 0 Å². The van der Waals surface area contributed by atoms with Gasteiger partial charge in [0.1, 0.15) is 0 Å². The largest absolute Gasteiger partial charge is 0.384 e. The number of hydrogen-bond donors (Lipinski definition) is 0. The second-order valence-electron chi connectivity index (χ2n) is 4.50. The number of benzene rings is 1. The third kappa shape index (κ3) is 3.72. The van der Waals surface area contributed by atoms with Crippen molar-refractivity contribution < 1.29 is 9.53 Å². The van der Waals surface area contributed by atoms with Gasteiger partial charge in [-0.25, -0.2) is 4.98 Å². The molecular formula is C15H17NO2S. The number of carbonyl (C=O) groups is 1. The van der Waals surface area contributed by atoms with E-state index < -0.39 is 0 Å². The summed E-state index contributed by atoms with van der Waals surface area (Å²) in [7, 11) is 1.68. The maximum atomic E-state index is 12.1. The Morgan fingerprint density at radius 3 is 2.79 bits per heavy atom. The van der Waals surface area contributed by atoms with Gasteiger partial charge in [0.2, 0.25) is 0 Å². The van der Waals surface area contributed by atoms with Crippen LogP contribution in [0.3, 0.4) is 0 Å².